The third-order valence-corrected chi connectivity index (χ3v) is 7.19. The molecule has 0 aliphatic carbocycles. The molecular formula is C18H24N2O4S. The van der Waals surface area contributed by atoms with Gasteiger partial charge in [-0.15, -0.1) is 0 Å². The summed E-state index contributed by atoms with van der Waals surface area (Å²) < 4.78 is 23.4. The van der Waals surface area contributed by atoms with Crippen LogP contribution in [0.5, 0.6) is 0 Å². The standard InChI is InChI=1S/C18H24N2O4S/c1-12-5-4-6-15(13(12)2)20-10-14(9-16(20)21)17(22)19-18(3)7-8-25(23,24)11-18/h4-6,14H,7-11H2,1-3H3,(H,19,22)/t14-,18-/m1/s1. The third-order valence-electron chi connectivity index (χ3n) is 5.29. The average Bonchev–Trinajstić information content (AvgIpc) is 3.02. The molecule has 25 heavy (non-hydrogen) atoms. The van der Waals surface area contributed by atoms with Gasteiger partial charge in [-0.1, -0.05) is 12.1 Å². The molecule has 1 N–H and O–H groups in total. The van der Waals surface area contributed by atoms with Gasteiger partial charge in [0.2, 0.25) is 11.8 Å². The SMILES string of the molecule is Cc1cccc(N2C[C@H](C(=O)N[C@]3(C)CCS(=O)(=O)C3)CC2=O)c1C. The molecule has 3 rings (SSSR count). The van der Waals surface area contributed by atoms with Gasteiger partial charge in [0.25, 0.3) is 0 Å². The molecule has 2 fully saturated rings. The van der Waals surface area contributed by atoms with Crippen molar-refractivity contribution in [2.45, 2.75) is 39.2 Å². The van der Waals surface area contributed by atoms with Crippen LogP contribution in [0.15, 0.2) is 18.2 Å². The number of carbonyl (C=O) groups excluding carboxylic acids is 2. The van der Waals surface area contributed by atoms with Crippen molar-refractivity contribution in [3.05, 3.63) is 29.3 Å². The van der Waals surface area contributed by atoms with Crippen molar-refractivity contribution >= 4 is 27.3 Å². The summed E-state index contributed by atoms with van der Waals surface area (Å²) in [5.74, 6) is -0.693. The number of hydrogen-bond donors (Lipinski definition) is 1. The number of nitrogens with zero attached hydrogens (tertiary/aromatic N) is 1. The van der Waals surface area contributed by atoms with Gasteiger partial charge >= 0.3 is 0 Å². The van der Waals surface area contributed by atoms with Crippen molar-refractivity contribution in [2.75, 3.05) is 23.0 Å². The number of anilines is 1. The van der Waals surface area contributed by atoms with Gasteiger partial charge in [-0.2, -0.15) is 0 Å². The van der Waals surface area contributed by atoms with E-state index in [1.807, 2.05) is 32.0 Å². The van der Waals surface area contributed by atoms with E-state index < -0.39 is 21.3 Å². The van der Waals surface area contributed by atoms with E-state index in [0.29, 0.717) is 13.0 Å². The molecule has 0 saturated carbocycles. The van der Waals surface area contributed by atoms with Crippen LogP contribution in [-0.2, 0) is 19.4 Å². The van der Waals surface area contributed by atoms with Crippen molar-refractivity contribution < 1.29 is 18.0 Å². The minimum atomic E-state index is -3.09. The molecule has 0 aromatic heterocycles. The zero-order valence-electron chi connectivity index (χ0n) is 14.8. The van der Waals surface area contributed by atoms with E-state index in [-0.39, 0.29) is 29.7 Å². The molecule has 2 aliphatic rings. The Morgan fingerprint density at radius 2 is 2.04 bits per heavy atom. The van der Waals surface area contributed by atoms with Gasteiger partial charge in [0.05, 0.1) is 23.0 Å². The molecule has 2 saturated heterocycles. The van der Waals surface area contributed by atoms with Gasteiger partial charge in [-0.3, -0.25) is 9.59 Å². The lowest BCUT2D eigenvalue weighted by Gasteiger charge is -2.26. The Bertz CT molecular complexity index is 833. The first kappa shape index (κ1) is 17.9. The molecule has 6 nitrogen and oxygen atoms in total. The largest absolute Gasteiger partial charge is 0.350 e. The van der Waals surface area contributed by atoms with Crippen LogP contribution >= 0.6 is 0 Å². The van der Waals surface area contributed by atoms with Crippen LogP contribution in [0.4, 0.5) is 5.69 Å². The summed E-state index contributed by atoms with van der Waals surface area (Å²) in [5.41, 5.74) is 2.24. The number of aryl methyl sites for hydroxylation is 1. The van der Waals surface area contributed by atoms with E-state index >= 15 is 0 Å². The molecule has 2 heterocycles. The molecule has 0 bridgehead atoms. The number of benzene rings is 1. The maximum Gasteiger partial charge on any atom is 0.227 e. The van der Waals surface area contributed by atoms with Crippen molar-refractivity contribution in [1.82, 2.24) is 5.32 Å². The fourth-order valence-electron chi connectivity index (χ4n) is 3.65. The number of nitrogens with one attached hydrogen (secondary N) is 1. The summed E-state index contributed by atoms with van der Waals surface area (Å²) in [6.07, 6.45) is 0.574. The van der Waals surface area contributed by atoms with E-state index in [2.05, 4.69) is 5.32 Å². The topological polar surface area (TPSA) is 83.6 Å². The predicted octanol–water partition coefficient (Wildman–Crippen LogP) is 1.35. The fourth-order valence-corrected chi connectivity index (χ4v) is 5.75. The summed E-state index contributed by atoms with van der Waals surface area (Å²) >= 11 is 0. The zero-order valence-corrected chi connectivity index (χ0v) is 15.6. The first-order chi connectivity index (χ1) is 11.6. The van der Waals surface area contributed by atoms with Crippen molar-refractivity contribution in [2.24, 2.45) is 5.92 Å². The Labute approximate surface area is 148 Å². The molecule has 2 atom stereocenters. The molecule has 0 unspecified atom stereocenters. The molecule has 7 heteroatoms. The van der Waals surface area contributed by atoms with Crippen LogP contribution in [0.25, 0.3) is 0 Å². The lowest BCUT2D eigenvalue weighted by molar-refractivity contribution is -0.127. The van der Waals surface area contributed by atoms with Gasteiger partial charge in [0, 0.05) is 18.7 Å². The summed E-state index contributed by atoms with van der Waals surface area (Å²) in [4.78, 5) is 26.7. The maximum atomic E-state index is 12.6. The summed E-state index contributed by atoms with van der Waals surface area (Å²) in [7, 11) is -3.09. The number of carbonyl (C=O) groups is 2. The summed E-state index contributed by atoms with van der Waals surface area (Å²) in [6.45, 7) is 6.05. The zero-order chi connectivity index (χ0) is 18.4. The Kier molecular flexibility index (Phi) is 4.39. The second-order valence-electron chi connectivity index (χ2n) is 7.52. The van der Waals surface area contributed by atoms with Crippen LogP contribution in [-0.4, -0.2) is 43.8 Å². The van der Waals surface area contributed by atoms with Crippen LogP contribution in [0, 0.1) is 19.8 Å². The van der Waals surface area contributed by atoms with Crippen molar-refractivity contribution in [3.8, 4) is 0 Å². The molecule has 0 radical (unpaired) electrons. The molecule has 1 aromatic carbocycles. The van der Waals surface area contributed by atoms with Crippen LogP contribution in [0.2, 0.25) is 0 Å². The molecular weight excluding hydrogens is 340 g/mol. The van der Waals surface area contributed by atoms with E-state index in [0.717, 1.165) is 16.8 Å². The van der Waals surface area contributed by atoms with Gasteiger partial charge in [-0.05, 0) is 44.4 Å². The van der Waals surface area contributed by atoms with E-state index in [1.165, 1.54) is 0 Å². The fraction of sp³-hybridized carbons (Fsp3) is 0.556. The van der Waals surface area contributed by atoms with E-state index in [4.69, 9.17) is 0 Å². The molecule has 136 valence electrons. The second kappa shape index (κ2) is 6.12. The predicted molar refractivity (Wildman–Crippen MR) is 96.2 cm³/mol. The highest BCUT2D eigenvalue weighted by molar-refractivity contribution is 7.91. The average molecular weight is 364 g/mol. The van der Waals surface area contributed by atoms with Crippen molar-refractivity contribution in [1.29, 1.82) is 0 Å². The first-order valence-corrected chi connectivity index (χ1v) is 10.3. The minimum Gasteiger partial charge on any atom is -0.350 e. The molecule has 1 aromatic rings. The Morgan fingerprint density at radius 1 is 1.32 bits per heavy atom. The van der Waals surface area contributed by atoms with Gasteiger partial charge < -0.3 is 10.2 Å². The number of rotatable bonds is 3. The quantitative estimate of drug-likeness (QED) is 0.877. The highest BCUT2D eigenvalue weighted by Gasteiger charge is 2.42. The first-order valence-electron chi connectivity index (χ1n) is 8.49. The lowest BCUT2D eigenvalue weighted by Crippen LogP contribution is -2.49. The lowest BCUT2D eigenvalue weighted by atomic mass is 9.99. The van der Waals surface area contributed by atoms with Gasteiger partial charge in [-0.25, -0.2) is 8.42 Å². The number of amides is 2. The smallest absolute Gasteiger partial charge is 0.227 e. The minimum absolute atomic E-state index is 0.0346. The molecule has 2 aliphatic heterocycles. The van der Waals surface area contributed by atoms with Crippen LogP contribution in [0.3, 0.4) is 0 Å². The summed E-state index contributed by atoms with van der Waals surface area (Å²) in [6, 6.07) is 5.79. The number of sulfone groups is 1. The Hall–Kier alpha value is -1.89. The Balaban J connectivity index is 1.72. The van der Waals surface area contributed by atoms with Gasteiger partial charge in [0.15, 0.2) is 9.84 Å². The number of hydrogen-bond acceptors (Lipinski definition) is 4. The summed E-state index contributed by atoms with van der Waals surface area (Å²) in [5, 5.41) is 2.87. The van der Waals surface area contributed by atoms with E-state index in [1.54, 1.807) is 11.8 Å². The maximum absolute atomic E-state index is 12.6. The molecule has 2 amide bonds. The Morgan fingerprint density at radius 3 is 2.68 bits per heavy atom. The third kappa shape index (κ3) is 3.56. The second-order valence-corrected chi connectivity index (χ2v) is 9.70. The highest BCUT2D eigenvalue weighted by atomic mass is 32.2. The van der Waals surface area contributed by atoms with Crippen molar-refractivity contribution in [3.63, 3.8) is 0 Å². The van der Waals surface area contributed by atoms with Crippen LogP contribution in [0.1, 0.15) is 30.9 Å². The van der Waals surface area contributed by atoms with Crippen LogP contribution < -0.4 is 10.2 Å². The molecule has 0 spiro atoms. The van der Waals surface area contributed by atoms with E-state index in [9.17, 15) is 18.0 Å². The van der Waals surface area contributed by atoms with Gasteiger partial charge in [0.1, 0.15) is 0 Å². The highest BCUT2D eigenvalue weighted by Crippen LogP contribution is 2.30. The normalized spacial score (nSPS) is 28.4. The monoisotopic (exact) mass is 364 g/mol.